The van der Waals surface area contributed by atoms with Gasteiger partial charge in [0.2, 0.25) is 5.91 Å². The maximum atomic E-state index is 13.2. The molecular formula is C11H14FNO. The molecule has 3 heteroatoms. The average Bonchev–Trinajstić information content (AvgIpc) is 2.18. The summed E-state index contributed by atoms with van der Waals surface area (Å²) in [6.07, 6.45) is 0.415. The Morgan fingerprint density at radius 3 is 2.71 bits per heavy atom. The van der Waals surface area contributed by atoms with Crippen LogP contribution in [0.15, 0.2) is 24.3 Å². The molecule has 2 nitrogen and oxygen atoms in total. The largest absolute Gasteiger partial charge is 0.349 e. The van der Waals surface area contributed by atoms with Crippen molar-refractivity contribution in [3.63, 3.8) is 0 Å². The maximum absolute atomic E-state index is 13.2. The lowest BCUT2D eigenvalue weighted by Crippen LogP contribution is -2.26. The van der Waals surface area contributed by atoms with Crippen molar-refractivity contribution in [3.8, 4) is 0 Å². The molecule has 1 N–H and O–H groups in total. The number of carbonyl (C=O) groups excluding carboxylic acids is 1. The van der Waals surface area contributed by atoms with Crippen molar-refractivity contribution in [3.05, 3.63) is 35.6 Å². The van der Waals surface area contributed by atoms with E-state index in [1.807, 2.05) is 0 Å². The van der Waals surface area contributed by atoms with Crippen molar-refractivity contribution < 1.29 is 9.18 Å². The third-order valence-electron chi connectivity index (χ3n) is 2.07. The normalized spacial score (nSPS) is 12.2. The minimum Gasteiger partial charge on any atom is -0.349 e. The molecule has 0 saturated carbocycles. The molecule has 0 aliphatic rings. The monoisotopic (exact) mass is 195 g/mol. The van der Waals surface area contributed by atoms with Gasteiger partial charge < -0.3 is 5.32 Å². The molecule has 76 valence electrons. The molecule has 0 heterocycles. The summed E-state index contributed by atoms with van der Waals surface area (Å²) in [6, 6.07) is 6.18. The van der Waals surface area contributed by atoms with Crippen LogP contribution in [0.25, 0.3) is 0 Å². The highest BCUT2D eigenvalue weighted by atomic mass is 19.1. The van der Waals surface area contributed by atoms with Gasteiger partial charge in [-0.1, -0.05) is 25.1 Å². The summed E-state index contributed by atoms with van der Waals surface area (Å²) in [5.41, 5.74) is 0.523. The molecule has 0 radical (unpaired) electrons. The van der Waals surface area contributed by atoms with E-state index in [0.29, 0.717) is 12.0 Å². The number of benzene rings is 1. The fourth-order valence-corrected chi connectivity index (χ4v) is 1.25. The predicted molar refractivity (Wildman–Crippen MR) is 53.2 cm³/mol. The van der Waals surface area contributed by atoms with E-state index < -0.39 is 0 Å². The number of hydrogen-bond acceptors (Lipinski definition) is 1. The Morgan fingerprint density at radius 1 is 1.50 bits per heavy atom. The van der Waals surface area contributed by atoms with Crippen LogP contribution in [0, 0.1) is 5.82 Å². The Bertz CT molecular complexity index is 325. The van der Waals surface area contributed by atoms with Gasteiger partial charge in [-0.25, -0.2) is 4.39 Å². The number of rotatable bonds is 3. The zero-order chi connectivity index (χ0) is 10.6. The van der Waals surface area contributed by atoms with Gasteiger partial charge >= 0.3 is 0 Å². The summed E-state index contributed by atoms with van der Waals surface area (Å²) in [7, 11) is 0. The SMILES string of the molecule is CCC(=O)NC(C)c1ccccc1F. The van der Waals surface area contributed by atoms with E-state index in [2.05, 4.69) is 5.32 Å². The second kappa shape index (κ2) is 4.74. The smallest absolute Gasteiger partial charge is 0.220 e. The van der Waals surface area contributed by atoms with Crippen LogP contribution < -0.4 is 5.32 Å². The molecule has 0 saturated heterocycles. The zero-order valence-corrected chi connectivity index (χ0v) is 8.38. The fourth-order valence-electron chi connectivity index (χ4n) is 1.25. The van der Waals surface area contributed by atoms with Crippen molar-refractivity contribution in [2.45, 2.75) is 26.3 Å². The molecule has 14 heavy (non-hydrogen) atoms. The minimum atomic E-state index is -0.281. The first-order valence-electron chi connectivity index (χ1n) is 4.69. The second-order valence-corrected chi connectivity index (χ2v) is 3.16. The second-order valence-electron chi connectivity index (χ2n) is 3.16. The topological polar surface area (TPSA) is 29.1 Å². The Hall–Kier alpha value is -1.38. The van der Waals surface area contributed by atoms with Gasteiger partial charge in [0.25, 0.3) is 0 Å². The molecule has 0 bridgehead atoms. The molecule has 1 amide bonds. The Balaban J connectivity index is 2.74. The van der Waals surface area contributed by atoms with Crippen molar-refractivity contribution in [2.75, 3.05) is 0 Å². The Kier molecular flexibility index (Phi) is 3.63. The van der Waals surface area contributed by atoms with Gasteiger partial charge in [0.05, 0.1) is 6.04 Å². The zero-order valence-electron chi connectivity index (χ0n) is 8.38. The third kappa shape index (κ3) is 2.55. The van der Waals surface area contributed by atoms with Gasteiger partial charge in [-0.2, -0.15) is 0 Å². The molecule has 1 aromatic rings. The van der Waals surface area contributed by atoms with Gasteiger partial charge in [0, 0.05) is 12.0 Å². The highest BCUT2D eigenvalue weighted by Gasteiger charge is 2.11. The van der Waals surface area contributed by atoms with Gasteiger partial charge in [0.1, 0.15) is 5.82 Å². The van der Waals surface area contributed by atoms with Crippen molar-refractivity contribution >= 4 is 5.91 Å². The van der Waals surface area contributed by atoms with Gasteiger partial charge in [-0.15, -0.1) is 0 Å². The van der Waals surface area contributed by atoms with Crippen molar-refractivity contribution in [1.29, 1.82) is 0 Å². The van der Waals surface area contributed by atoms with E-state index in [4.69, 9.17) is 0 Å². The lowest BCUT2D eigenvalue weighted by atomic mass is 10.1. The molecular weight excluding hydrogens is 181 g/mol. The van der Waals surface area contributed by atoms with E-state index >= 15 is 0 Å². The van der Waals surface area contributed by atoms with E-state index in [-0.39, 0.29) is 17.8 Å². The Labute approximate surface area is 83.1 Å². The lowest BCUT2D eigenvalue weighted by Gasteiger charge is -2.14. The molecule has 1 unspecified atom stereocenters. The van der Waals surface area contributed by atoms with Crippen LogP contribution in [0.3, 0.4) is 0 Å². The molecule has 1 rings (SSSR count). The first kappa shape index (κ1) is 10.7. The number of halogens is 1. The highest BCUT2D eigenvalue weighted by Crippen LogP contribution is 2.15. The van der Waals surface area contributed by atoms with Crippen molar-refractivity contribution in [1.82, 2.24) is 5.32 Å². The summed E-state index contributed by atoms with van der Waals surface area (Å²) < 4.78 is 13.2. The summed E-state index contributed by atoms with van der Waals surface area (Å²) in [6.45, 7) is 3.54. The van der Waals surface area contributed by atoms with Crippen LogP contribution >= 0.6 is 0 Å². The number of carbonyl (C=O) groups is 1. The molecule has 0 spiro atoms. The molecule has 1 aromatic carbocycles. The van der Waals surface area contributed by atoms with Crippen molar-refractivity contribution in [2.24, 2.45) is 0 Å². The predicted octanol–water partition coefficient (Wildman–Crippen LogP) is 2.41. The summed E-state index contributed by atoms with van der Waals surface area (Å²) in [5, 5.41) is 2.71. The van der Waals surface area contributed by atoms with Gasteiger partial charge in [-0.3, -0.25) is 4.79 Å². The molecule has 0 aliphatic heterocycles. The molecule has 0 fully saturated rings. The molecule has 0 aromatic heterocycles. The quantitative estimate of drug-likeness (QED) is 0.788. The van der Waals surface area contributed by atoms with Crippen LogP contribution in [0.1, 0.15) is 31.9 Å². The van der Waals surface area contributed by atoms with Crippen LogP contribution in [0.4, 0.5) is 4.39 Å². The van der Waals surface area contributed by atoms with Crippen LogP contribution in [-0.2, 0) is 4.79 Å². The van der Waals surface area contributed by atoms with E-state index in [9.17, 15) is 9.18 Å². The molecule has 1 atom stereocenters. The van der Waals surface area contributed by atoms with E-state index in [1.54, 1.807) is 32.0 Å². The van der Waals surface area contributed by atoms with E-state index in [0.717, 1.165) is 0 Å². The van der Waals surface area contributed by atoms with Crippen LogP contribution in [-0.4, -0.2) is 5.91 Å². The fraction of sp³-hybridized carbons (Fsp3) is 0.364. The summed E-state index contributed by atoms with van der Waals surface area (Å²) >= 11 is 0. The molecule has 0 aliphatic carbocycles. The lowest BCUT2D eigenvalue weighted by molar-refractivity contribution is -0.121. The standard InChI is InChI=1S/C11H14FNO/c1-3-11(14)13-8(2)9-6-4-5-7-10(9)12/h4-8H,3H2,1-2H3,(H,13,14). The van der Waals surface area contributed by atoms with E-state index in [1.165, 1.54) is 6.07 Å². The Morgan fingerprint density at radius 2 is 2.14 bits per heavy atom. The third-order valence-corrected chi connectivity index (χ3v) is 2.07. The highest BCUT2D eigenvalue weighted by molar-refractivity contribution is 5.75. The summed E-state index contributed by atoms with van der Waals surface area (Å²) in [5.74, 6) is -0.350. The van der Waals surface area contributed by atoms with Gasteiger partial charge in [0.15, 0.2) is 0 Å². The summed E-state index contributed by atoms with van der Waals surface area (Å²) in [4.78, 5) is 11.1. The van der Waals surface area contributed by atoms with Gasteiger partial charge in [-0.05, 0) is 13.0 Å². The number of nitrogens with one attached hydrogen (secondary N) is 1. The minimum absolute atomic E-state index is 0.0687. The van der Waals surface area contributed by atoms with Crippen LogP contribution in [0.5, 0.6) is 0 Å². The maximum Gasteiger partial charge on any atom is 0.220 e. The first-order chi connectivity index (χ1) is 6.65. The average molecular weight is 195 g/mol. The number of amides is 1. The van der Waals surface area contributed by atoms with Crippen LogP contribution in [0.2, 0.25) is 0 Å². The first-order valence-corrected chi connectivity index (χ1v) is 4.69. The number of hydrogen-bond donors (Lipinski definition) is 1.